The van der Waals surface area contributed by atoms with Crippen molar-refractivity contribution in [2.24, 2.45) is 11.1 Å². The number of carbonyl (C=O) groups is 1. The van der Waals surface area contributed by atoms with Crippen molar-refractivity contribution in [3.8, 4) is 0 Å². The van der Waals surface area contributed by atoms with E-state index in [9.17, 15) is 9.90 Å². The van der Waals surface area contributed by atoms with Crippen molar-refractivity contribution in [3.05, 3.63) is 18.0 Å². The molecule has 1 aromatic rings. The van der Waals surface area contributed by atoms with Crippen LogP contribution in [0.5, 0.6) is 0 Å². The largest absolute Gasteiger partial charge is 0.481 e. The molecule has 1 unspecified atom stereocenters. The summed E-state index contributed by atoms with van der Waals surface area (Å²) < 4.78 is 1.84. The Morgan fingerprint density at radius 3 is 2.67 bits per heavy atom. The lowest BCUT2D eigenvalue weighted by Crippen LogP contribution is -2.40. The zero-order chi connectivity index (χ0) is 13.8. The third-order valence-electron chi connectivity index (χ3n) is 3.29. The highest BCUT2D eigenvalue weighted by atomic mass is 16.4. The fourth-order valence-corrected chi connectivity index (χ4v) is 2.12. The van der Waals surface area contributed by atoms with E-state index in [2.05, 4.69) is 5.10 Å². The zero-order valence-electron chi connectivity index (χ0n) is 11.4. The number of rotatable bonds is 7. The molecule has 102 valence electrons. The van der Waals surface area contributed by atoms with Gasteiger partial charge in [-0.1, -0.05) is 13.3 Å². The van der Waals surface area contributed by atoms with Gasteiger partial charge in [-0.15, -0.1) is 0 Å². The van der Waals surface area contributed by atoms with Crippen LogP contribution in [0.15, 0.2) is 12.3 Å². The molecule has 0 aliphatic rings. The first kappa shape index (κ1) is 14.7. The van der Waals surface area contributed by atoms with Crippen molar-refractivity contribution in [2.75, 3.05) is 6.54 Å². The maximum absolute atomic E-state index is 11.5. The van der Waals surface area contributed by atoms with Gasteiger partial charge in [-0.2, -0.15) is 5.10 Å². The predicted molar refractivity (Wildman–Crippen MR) is 70.3 cm³/mol. The molecule has 0 saturated carbocycles. The highest BCUT2D eigenvalue weighted by molar-refractivity contribution is 5.75. The maximum Gasteiger partial charge on any atom is 0.311 e. The minimum Gasteiger partial charge on any atom is -0.481 e. The van der Waals surface area contributed by atoms with Crippen molar-refractivity contribution in [2.45, 2.75) is 46.1 Å². The second-order valence-electron chi connectivity index (χ2n) is 5.10. The van der Waals surface area contributed by atoms with Crippen LogP contribution >= 0.6 is 0 Å². The van der Waals surface area contributed by atoms with Gasteiger partial charge in [0.1, 0.15) is 0 Å². The van der Waals surface area contributed by atoms with Gasteiger partial charge in [-0.25, -0.2) is 0 Å². The molecular formula is C13H23N3O2. The lowest BCUT2D eigenvalue weighted by molar-refractivity contribution is -0.148. The Kier molecular flexibility index (Phi) is 4.90. The van der Waals surface area contributed by atoms with Crippen LogP contribution in [0.4, 0.5) is 0 Å². The number of carboxylic acid groups (broad SMARTS) is 1. The van der Waals surface area contributed by atoms with Gasteiger partial charge < -0.3 is 10.8 Å². The fourth-order valence-electron chi connectivity index (χ4n) is 2.12. The Morgan fingerprint density at radius 2 is 2.28 bits per heavy atom. The topological polar surface area (TPSA) is 81.1 Å². The minimum absolute atomic E-state index is 0.144. The molecule has 0 radical (unpaired) electrons. The van der Waals surface area contributed by atoms with E-state index in [1.807, 2.05) is 37.7 Å². The number of nitrogens with two attached hydrogens (primary N) is 1. The molecule has 18 heavy (non-hydrogen) atoms. The van der Waals surface area contributed by atoms with Gasteiger partial charge in [0.05, 0.1) is 11.1 Å². The van der Waals surface area contributed by atoms with E-state index in [-0.39, 0.29) is 12.6 Å². The van der Waals surface area contributed by atoms with E-state index in [4.69, 9.17) is 5.73 Å². The van der Waals surface area contributed by atoms with Crippen molar-refractivity contribution in [1.29, 1.82) is 0 Å². The van der Waals surface area contributed by atoms with E-state index < -0.39 is 11.4 Å². The highest BCUT2D eigenvalue weighted by Gasteiger charge is 2.37. The van der Waals surface area contributed by atoms with Crippen molar-refractivity contribution >= 4 is 5.97 Å². The number of hydrogen-bond donors (Lipinski definition) is 2. The van der Waals surface area contributed by atoms with Crippen molar-refractivity contribution in [3.63, 3.8) is 0 Å². The molecule has 0 aromatic carbocycles. The minimum atomic E-state index is -0.884. The zero-order valence-corrected chi connectivity index (χ0v) is 11.4. The molecule has 0 amide bonds. The molecule has 0 saturated heterocycles. The van der Waals surface area contributed by atoms with Gasteiger partial charge in [0.2, 0.25) is 0 Å². The van der Waals surface area contributed by atoms with E-state index >= 15 is 0 Å². The van der Waals surface area contributed by atoms with Gasteiger partial charge in [-0.3, -0.25) is 9.48 Å². The van der Waals surface area contributed by atoms with Gasteiger partial charge in [0.15, 0.2) is 0 Å². The molecule has 1 rings (SSSR count). The second kappa shape index (κ2) is 6.00. The van der Waals surface area contributed by atoms with Gasteiger partial charge in [-0.05, 0) is 26.3 Å². The molecule has 1 heterocycles. The van der Waals surface area contributed by atoms with E-state index in [0.29, 0.717) is 12.8 Å². The van der Waals surface area contributed by atoms with Gasteiger partial charge >= 0.3 is 5.97 Å². The van der Waals surface area contributed by atoms with Crippen molar-refractivity contribution < 1.29 is 9.90 Å². The summed E-state index contributed by atoms with van der Waals surface area (Å²) in [6.45, 7) is 6.19. The standard InChI is InChI=1S/C13H23N3O2/c1-4-6-13(9-14,12(17)18)8-11-5-7-16(15-11)10(2)3/h5,7,10H,4,6,8-9,14H2,1-3H3,(H,17,18). The summed E-state index contributed by atoms with van der Waals surface area (Å²) in [5.74, 6) is -0.828. The summed E-state index contributed by atoms with van der Waals surface area (Å²) in [6, 6.07) is 2.16. The summed E-state index contributed by atoms with van der Waals surface area (Å²) >= 11 is 0. The highest BCUT2D eigenvalue weighted by Crippen LogP contribution is 2.27. The van der Waals surface area contributed by atoms with Crippen LogP contribution in [-0.2, 0) is 11.2 Å². The lowest BCUT2D eigenvalue weighted by Gasteiger charge is -2.26. The molecule has 0 aliphatic carbocycles. The Bertz CT molecular complexity index is 401. The summed E-state index contributed by atoms with van der Waals surface area (Å²) in [6.07, 6.45) is 3.66. The van der Waals surface area contributed by atoms with Crippen LogP contribution in [0.25, 0.3) is 0 Å². The first-order valence-electron chi connectivity index (χ1n) is 6.42. The number of carboxylic acids is 1. The quantitative estimate of drug-likeness (QED) is 0.777. The summed E-state index contributed by atoms with van der Waals surface area (Å²) in [5.41, 5.74) is 5.61. The average molecular weight is 253 g/mol. The Balaban J connectivity index is 2.91. The van der Waals surface area contributed by atoms with Gasteiger partial charge in [0, 0.05) is 25.2 Å². The van der Waals surface area contributed by atoms with E-state index in [1.54, 1.807) is 0 Å². The van der Waals surface area contributed by atoms with Crippen LogP contribution in [0, 0.1) is 5.41 Å². The van der Waals surface area contributed by atoms with E-state index in [1.165, 1.54) is 0 Å². The van der Waals surface area contributed by atoms with Crippen LogP contribution in [-0.4, -0.2) is 27.4 Å². The number of nitrogens with zero attached hydrogens (tertiary/aromatic N) is 2. The lowest BCUT2D eigenvalue weighted by atomic mass is 9.79. The Morgan fingerprint density at radius 1 is 1.61 bits per heavy atom. The monoisotopic (exact) mass is 253 g/mol. The first-order chi connectivity index (χ1) is 8.45. The molecule has 3 N–H and O–H groups in total. The third kappa shape index (κ3) is 3.10. The molecule has 5 heteroatoms. The Labute approximate surface area is 108 Å². The predicted octanol–water partition coefficient (Wildman–Crippen LogP) is 1.84. The average Bonchev–Trinajstić information content (AvgIpc) is 2.76. The maximum atomic E-state index is 11.5. The summed E-state index contributed by atoms with van der Waals surface area (Å²) in [5, 5.41) is 13.8. The molecule has 5 nitrogen and oxygen atoms in total. The summed E-state index contributed by atoms with van der Waals surface area (Å²) in [4.78, 5) is 11.5. The second-order valence-corrected chi connectivity index (χ2v) is 5.10. The Hall–Kier alpha value is -1.36. The molecule has 1 aromatic heterocycles. The first-order valence-corrected chi connectivity index (χ1v) is 6.42. The molecule has 0 spiro atoms. The normalized spacial score (nSPS) is 14.7. The molecule has 1 atom stereocenters. The SMILES string of the molecule is CCCC(CN)(Cc1ccn(C(C)C)n1)C(=O)O. The number of hydrogen-bond acceptors (Lipinski definition) is 3. The molecule has 0 fully saturated rings. The fraction of sp³-hybridized carbons (Fsp3) is 0.692. The molecule has 0 bridgehead atoms. The van der Waals surface area contributed by atoms with Crippen LogP contribution in [0.1, 0.15) is 45.3 Å². The van der Waals surface area contributed by atoms with E-state index in [0.717, 1.165) is 12.1 Å². The van der Waals surface area contributed by atoms with Gasteiger partial charge in [0.25, 0.3) is 0 Å². The molecule has 0 aliphatic heterocycles. The van der Waals surface area contributed by atoms with Crippen LogP contribution in [0.3, 0.4) is 0 Å². The smallest absolute Gasteiger partial charge is 0.311 e. The number of aliphatic carboxylic acids is 1. The van der Waals surface area contributed by atoms with Crippen LogP contribution < -0.4 is 5.73 Å². The third-order valence-corrected chi connectivity index (χ3v) is 3.29. The summed E-state index contributed by atoms with van der Waals surface area (Å²) in [7, 11) is 0. The molecular weight excluding hydrogens is 230 g/mol. The van der Waals surface area contributed by atoms with Crippen molar-refractivity contribution in [1.82, 2.24) is 9.78 Å². The van der Waals surface area contributed by atoms with Crippen LogP contribution in [0.2, 0.25) is 0 Å². The number of aromatic nitrogens is 2.